The van der Waals surface area contributed by atoms with Gasteiger partial charge in [0.2, 0.25) is 0 Å². The number of halogens is 3. The molecular weight excluding hydrogens is 439 g/mol. The van der Waals surface area contributed by atoms with Crippen molar-refractivity contribution in [2.24, 2.45) is 0 Å². The number of alkyl halides is 3. The Hall–Kier alpha value is -2.42. The molecule has 0 fully saturated rings. The number of methoxy groups -OCH3 is 3. The second-order valence-corrected chi connectivity index (χ2v) is 8.11. The van der Waals surface area contributed by atoms with Gasteiger partial charge in [-0.15, -0.1) is 0 Å². The lowest BCUT2D eigenvalue weighted by atomic mass is 9.86. The molecule has 0 aromatic heterocycles. The van der Waals surface area contributed by atoms with E-state index in [9.17, 15) is 18.0 Å². The van der Waals surface area contributed by atoms with Crippen molar-refractivity contribution in [3.63, 3.8) is 0 Å². The van der Waals surface area contributed by atoms with Crippen molar-refractivity contribution < 1.29 is 36.9 Å². The second kappa shape index (κ2) is 14.0. The van der Waals surface area contributed by atoms with Crippen molar-refractivity contribution in [1.82, 2.24) is 5.32 Å². The normalized spacial score (nSPS) is 15.2. The van der Waals surface area contributed by atoms with Gasteiger partial charge < -0.3 is 24.3 Å². The molecule has 1 amide bonds. The Balaban J connectivity index is 6.25. The van der Waals surface area contributed by atoms with Crippen LogP contribution < -0.4 is 5.32 Å². The lowest BCUT2D eigenvalue weighted by Crippen LogP contribution is -2.52. The predicted octanol–water partition coefficient (Wildman–Crippen LogP) is 5.58. The van der Waals surface area contributed by atoms with E-state index in [1.807, 2.05) is 0 Å². The number of carbonyl (C=O) groups excluding carboxylic acids is 1. The molecule has 2 atom stereocenters. The van der Waals surface area contributed by atoms with E-state index >= 15 is 0 Å². The van der Waals surface area contributed by atoms with Gasteiger partial charge in [0.05, 0.1) is 31.3 Å². The van der Waals surface area contributed by atoms with Crippen LogP contribution in [0, 0.1) is 0 Å². The summed E-state index contributed by atoms with van der Waals surface area (Å²) in [5.41, 5.74) is 0.290. The molecule has 0 aromatic rings. The molecule has 0 saturated carbocycles. The smallest absolute Gasteiger partial charge is 0.389 e. The van der Waals surface area contributed by atoms with Crippen molar-refractivity contribution in [2.45, 2.75) is 71.7 Å². The van der Waals surface area contributed by atoms with Gasteiger partial charge in [0, 0.05) is 26.6 Å². The highest BCUT2D eigenvalue weighted by atomic mass is 19.4. The molecule has 0 saturated heterocycles. The molecule has 190 valence electrons. The van der Waals surface area contributed by atoms with E-state index in [4.69, 9.17) is 18.9 Å². The number of hydrogen-bond acceptors (Lipinski definition) is 5. The average Bonchev–Trinajstić information content (AvgIpc) is 2.73. The number of carbonyl (C=O) groups is 1. The number of rotatable bonds is 14. The first-order chi connectivity index (χ1) is 15.2. The molecule has 1 N–H and O–H groups in total. The van der Waals surface area contributed by atoms with E-state index in [1.165, 1.54) is 21.3 Å². The summed E-state index contributed by atoms with van der Waals surface area (Å²) in [5, 5.41) is 2.87. The second-order valence-electron chi connectivity index (χ2n) is 8.11. The Morgan fingerprint density at radius 1 is 1.03 bits per heavy atom. The Kier molecular flexibility index (Phi) is 13.0. The molecule has 0 aliphatic heterocycles. The van der Waals surface area contributed by atoms with Crippen LogP contribution in [-0.2, 0) is 23.7 Å². The van der Waals surface area contributed by atoms with Crippen molar-refractivity contribution in [1.29, 1.82) is 0 Å². The molecule has 0 heterocycles. The van der Waals surface area contributed by atoms with E-state index in [1.54, 1.807) is 46.8 Å². The molecule has 0 aliphatic rings. The van der Waals surface area contributed by atoms with E-state index in [-0.39, 0.29) is 6.61 Å². The monoisotopic (exact) mass is 477 g/mol. The molecule has 0 aromatic carbocycles. The molecule has 0 rings (SSSR count). The third-order valence-electron chi connectivity index (χ3n) is 5.11. The summed E-state index contributed by atoms with van der Waals surface area (Å²) in [6.45, 7) is 12.7. The lowest BCUT2D eigenvalue weighted by Gasteiger charge is -2.34. The van der Waals surface area contributed by atoms with Gasteiger partial charge in [-0.1, -0.05) is 6.58 Å². The van der Waals surface area contributed by atoms with Crippen LogP contribution in [0.15, 0.2) is 47.2 Å². The largest absolute Gasteiger partial charge is 0.501 e. The fraction of sp³-hybridized carbons (Fsp3) is 0.625. The number of amides is 1. The molecular formula is C24H38F3NO5. The molecule has 0 bridgehead atoms. The molecule has 2 unspecified atom stereocenters. The van der Waals surface area contributed by atoms with Gasteiger partial charge in [0.15, 0.2) is 6.10 Å². The van der Waals surface area contributed by atoms with Crippen LogP contribution >= 0.6 is 0 Å². The number of ether oxygens (including phenoxy) is 4. The summed E-state index contributed by atoms with van der Waals surface area (Å²) in [6, 6.07) is 0. The van der Waals surface area contributed by atoms with Crippen LogP contribution in [0.25, 0.3) is 0 Å². The molecule has 0 aliphatic carbocycles. The molecule has 6 nitrogen and oxygen atoms in total. The standard InChI is InChI=1S/C24H38F3NO5/c1-16(2)19(5)33-21(10-11-24(25,26)27)22(29)28-23(6,12-13-30-7)20(14-17(3)31-8)15-18(4)32-9/h14-15,21H,3,10-13H2,1-2,4-9H3,(H,28,29)/b18-15+,20-14+. The highest BCUT2D eigenvalue weighted by Crippen LogP contribution is 2.28. The van der Waals surface area contributed by atoms with E-state index in [2.05, 4.69) is 11.9 Å². The predicted molar refractivity (Wildman–Crippen MR) is 122 cm³/mol. The highest BCUT2D eigenvalue weighted by molar-refractivity contribution is 5.82. The number of hydrogen-bond donors (Lipinski definition) is 1. The van der Waals surface area contributed by atoms with Gasteiger partial charge in [0.1, 0.15) is 5.76 Å². The fourth-order valence-corrected chi connectivity index (χ4v) is 2.68. The van der Waals surface area contributed by atoms with Gasteiger partial charge in [-0.25, -0.2) is 0 Å². The van der Waals surface area contributed by atoms with Gasteiger partial charge in [-0.05, 0) is 64.3 Å². The van der Waals surface area contributed by atoms with Crippen molar-refractivity contribution in [3.8, 4) is 0 Å². The van der Waals surface area contributed by atoms with Gasteiger partial charge in [-0.2, -0.15) is 13.2 Å². The zero-order valence-corrected chi connectivity index (χ0v) is 20.9. The molecule has 0 radical (unpaired) electrons. The zero-order chi connectivity index (χ0) is 25.8. The minimum Gasteiger partial charge on any atom is -0.501 e. The summed E-state index contributed by atoms with van der Waals surface area (Å²) in [5.74, 6) is 0.604. The van der Waals surface area contributed by atoms with Crippen molar-refractivity contribution in [3.05, 3.63) is 47.2 Å². The summed E-state index contributed by atoms with van der Waals surface area (Å²) >= 11 is 0. The number of nitrogens with one attached hydrogen (secondary N) is 1. The minimum atomic E-state index is -4.42. The third kappa shape index (κ3) is 11.8. The summed E-state index contributed by atoms with van der Waals surface area (Å²) in [6.07, 6.45) is -3.77. The van der Waals surface area contributed by atoms with E-state index in [0.29, 0.717) is 29.3 Å². The van der Waals surface area contributed by atoms with Gasteiger partial charge in [0.25, 0.3) is 5.91 Å². The van der Waals surface area contributed by atoms with Crippen molar-refractivity contribution in [2.75, 3.05) is 27.9 Å². The van der Waals surface area contributed by atoms with E-state index in [0.717, 1.165) is 5.57 Å². The maximum Gasteiger partial charge on any atom is 0.389 e. The Morgan fingerprint density at radius 3 is 2.09 bits per heavy atom. The molecule has 0 spiro atoms. The SMILES string of the molecule is C=C(/C=C(\C=C(/C)OC)C(C)(CCOC)NC(=O)C(CCC(F)(F)F)OC(C)=C(C)C)OC. The molecule has 9 heteroatoms. The van der Waals surface area contributed by atoms with Crippen molar-refractivity contribution >= 4 is 5.91 Å². The third-order valence-corrected chi connectivity index (χ3v) is 5.11. The fourth-order valence-electron chi connectivity index (χ4n) is 2.68. The van der Waals surface area contributed by atoms with E-state index < -0.39 is 36.6 Å². The van der Waals surface area contributed by atoms with Crippen LogP contribution in [0.1, 0.15) is 53.9 Å². The summed E-state index contributed by atoms with van der Waals surface area (Å²) < 4.78 is 60.0. The maximum atomic E-state index is 13.2. The molecule has 33 heavy (non-hydrogen) atoms. The Morgan fingerprint density at radius 2 is 1.64 bits per heavy atom. The highest BCUT2D eigenvalue weighted by Gasteiger charge is 2.36. The maximum absolute atomic E-state index is 13.2. The zero-order valence-electron chi connectivity index (χ0n) is 20.9. The lowest BCUT2D eigenvalue weighted by molar-refractivity contribution is -0.147. The van der Waals surface area contributed by atoms with Crippen LogP contribution in [-0.4, -0.2) is 51.7 Å². The first kappa shape index (κ1) is 30.6. The van der Waals surface area contributed by atoms with Gasteiger partial charge in [-0.3, -0.25) is 4.79 Å². The Labute approximate surface area is 195 Å². The van der Waals surface area contributed by atoms with Crippen LogP contribution in [0.3, 0.4) is 0 Å². The summed E-state index contributed by atoms with van der Waals surface area (Å²) in [7, 11) is 4.48. The average molecular weight is 478 g/mol. The number of allylic oxidation sites excluding steroid dienone is 4. The topological polar surface area (TPSA) is 66.0 Å². The summed E-state index contributed by atoms with van der Waals surface area (Å²) in [4.78, 5) is 13.2. The van der Waals surface area contributed by atoms with Gasteiger partial charge >= 0.3 is 6.18 Å². The first-order valence-electron chi connectivity index (χ1n) is 10.5. The first-order valence-corrected chi connectivity index (χ1v) is 10.5. The minimum absolute atomic E-state index is 0.272. The van der Waals surface area contributed by atoms with Crippen LogP contribution in [0.2, 0.25) is 0 Å². The van der Waals surface area contributed by atoms with Crippen LogP contribution in [0.4, 0.5) is 13.2 Å². The Bertz CT molecular complexity index is 752. The quantitative estimate of drug-likeness (QED) is 0.262. The van der Waals surface area contributed by atoms with Crippen LogP contribution in [0.5, 0.6) is 0 Å².